The van der Waals surface area contributed by atoms with Gasteiger partial charge in [0.15, 0.2) is 0 Å². The number of nitrogens with zero attached hydrogens (tertiary/aromatic N) is 2. The van der Waals surface area contributed by atoms with Gasteiger partial charge >= 0.3 is 0 Å². The zero-order valence-electron chi connectivity index (χ0n) is 15.1. The maximum atomic E-state index is 14.0. The smallest absolute Gasteiger partial charge is 0.278 e. The van der Waals surface area contributed by atoms with Crippen molar-refractivity contribution in [3.8, 4) is 0 Å². The maximum absolute atomic E-state index is 14.0. The van der Waals surface area contributed by atoms with Gasteiger partial charge in [-0.05, 0) is 19.1 Å². The molecule has 0 unspecified atom stereocenters. The van der Waals surface area contributed by atoms with Crippen LogP contribution in [0.4, 0.5) is 21.5 Å². The molecule has 2 rings (SSSR count). The van der Waals surface area contributed by atoms with E-state index in [1.807, 2.05) is 0 Å². The maximum Gasteiger partial charge on any atom is 0.278 e. The summed E-state index contributed by atoms with van der Waals surface area (Å²) in [5, 5.41) is 2.61. The zero-order chi connectivity index (χ0) is 21.1. The Bertz CT molecular complexity index is 1000. The molecule has 0 aliphatic heterocycles. The van der Waals surface area contributed by atoms with Gasteiger partial charge in [0.1, 0.15) is 11.0 Å². The van der Waals surface area contributed by atoms with E-state index in [2.05, 4.69) is 15.8 Å². The first kappa shape index (κ1) is 22.2. The molecule has 0 atom stereocenters. The van der Waals surface area contributed by atoms with Gasteiger partial charge in [-0.2, -0.15) is 0 Å². The van der Waals surface area contributed by atoms with Crippen LogP contribution in [0.15, 0.2) is 24.4 Å². The van der Waals surface area contributed by atoms with E-state index < -0.39 is 21.7 Å². The lowest BCUT2D eigenvalue weighted by Crippen LogP contribution is -2.26. The van der Waals surface area contributed by atoms with Gasteiger partial charge in [0.25, 0.3) is 5.91 Å². The summed E-state index contributed by atoms with van der Waals surface area (Å²) < 4.78 is 38.8. The summed E-state index contributed by atoms with van der Waals surface area (Å²) in [6, 6.07) is 3.50. The number of aromatic nitrogens is 1. The second-order valence-corrected chi connectivity index (χ2v) is 8.36. The largest absolute Gasteiger partial charge is 0.353 e. The van der Waals surface area contributed by atoms with Crippen molar-refractivity contribution in [2.45, 2.75) is 6.92 Å². The van der Waals surface area contributed by atoms with Gasteiger partial charge in [0, 0.05) is 19.3 Å². The minimum Gasteiger partial charge on any atom is -0.353 e. The molecule has 28 heavy (non-hydrogen) atoms. The van der Waals surface area contributed by atoms with Crippen molar-refractivity contribution in [1.82, 2.24) is 10.5 Å². The minimum atomic E-state index is -3.67. The first-order chi connectivity index (χ1) is 13.0. The first-order valence-electron chi connectivity index (χ1n) is 7.82. The molecule has 2 N–H and O–H groups in total. The van der Waals surface area contributed by atoms with Crippen molar-refractivity contribution < 1.29 is 22.4 Å². The van der Waals surface area contributed by atoms with E-state index in [0.717, 1.165) is 22.7 Å². The van der Waals surface area contributed by atoms with Gasteiger partial charge in [-0.3, -0.25) is 13.9 Å². The van der Waals surface area contributed by atoms with Crippen LogP contribution in [0.5, 0.6) is 0 Å². The van der Waals surface area contributed by atoms with Crippen molar-refractivity contribution in [3.05, 3.63) is 46.0 Å². The standard InChI is InChI=1S/C16H17Cl2FN4O4S/c1-4-27-22-16(24)9-8-20-15(18)7-12(9)21-13-6-11(19)10(17)5-14(13)23(2)28(3,25)26/h5-8H,4H2,1-3H3,(H,20,21)(H,22,24). The number of amides is 1. The highest BCUT2D eigenvalue weighted by atomic mass is 35.5. The number of anilines is 3. The lowest BCUT2D eigenvalue weighted by molar-refractivity contribution is 0.0365. The first-order valence-corrected chi connectivity index (χ1v) is 10.4. The average molecular weight is 451 g/mol. The minimum absolute atomic E-state index is 0.0427. The fourth-order valence-corrected chi connectivity index (χ4v) is 2.95. The lowest BCUT2D eigenvalue weighted by atomic mass is 10.2. The molecule has 0 fully saturated rings. The molecular formula is C16H17Cl2FN4O4S. The molecule has 0 bridgehead atoms. The van der Waals surface area contributed by atoms with Gasteiger partial charge in [0.2, 0.25) is 10.0 Å². The second kappa shape index (κ2) is 8.91. The van der Waals surface area contributed by atoms with Crippen LogP contribution in [-0.2, 0) is 14.9 Å². The van der Waals surface area contributed by atoms with Crippen LogP contribution >= 0.6 is 23.2 Å². The van der Waals surface area contributed by atoms with Crippen LogP contribution in [-0.4, -0.2) is 39.2 Å². The summed E-state index contributed by atoms with van der Waals surface area (Å²) in [5.74, 6) is -1.41. The molecule has 1 aromatic carbocycles. The highest BCUT2D eigenvalue weighted by Gasteiger charge is 2.21. The van der Waals surface area contributed by atoms with Gasteiger partial charge in [-0.1, -0.05) is 23.2 Å². The Balaban J connectivity index is 2.55. The third-order valence-corrected chi connectivity index (χ3v) is 5.26. The topological polar surface area (TPSA) is 101 Å². The number of hydrogen-bond acceptors (Lipinski definition) is 6. The molecule has 0 saturated heterocycles. The number of hydroxylamine groups is 1. The molecule has 1 heterocycles. The molecule has 0 saturated carbocycles. The van der Waals surface area contributed by atoms with Gasteiger partial charge in [-0.15, -0.1) is 0 Å². The second-order valence-electron chi connectivity index (χ2n) is 5.56. The van der Waals surface area contributed by atoms with Crippen molar-refractivity contribution in [1.29, 1.82) is 0 Å². The molecule has 0 radical (unpaired) electrons. The molecule has 1 amide bonds. The van der Waals surface area contributed by atoms with Crippen molar-refractivity contribution in [3.63, 3.8) is 0 Å². The normalized spacial score (nSPS) is 11.2. The quantitative estimate of drug-likeness (QED) is 0.495. The Hall–Kier alpha value is -2.14. The molecule has 0 aliphatic carbocycles. The zero-order valence-corrected chi connectivity index (χ0v) is 17.4. The number of benzene rings is 1. The summed E-state index contributed by atoms with van der Waals surface area (Å²) >= 11 is 11.7. The fraction of sp³-hybridized carbons (Fsp3) is 0.250. The van der Waals surface area contributed by atoms with Crippen LogP contribution in [0.1, 0.15) is 17.3 Å². The van der Waals surface area contributed by atoms with Gasteiger partial charge < -0.3 is 5.32 Å². The van der Waals surface area contributed by atoms with E-state index in [9.17, 15) is 17.6 Å². The summed E-state index contributed by atoms with van der Waals surface area (Å²) in [6.07, 6.45) is 2.18. The van der Waals surface area contributed by atoms with E-state index in [1.165, 1.54) is 19.3 Å². The Morgan fingerprint density at radius 1 is 1.29 bits per heavy atom. The van der Waals surface area contributed by atoms with Crippen molar-refractivity contribution >= 4 is 56.2 Å². The molecule has 1 aromatic heterocycles. The van der Waals surface area contributed by atoms with Gasteiger partial charge in [-0.25, -0.2) is 23.3 Å². The highest BCUT2D eigenvalue weighted by Crippen LogP contribution is 2.35. The average Bonchev–Trinajstić information content (AvgIpc) is 2.61. The summed E-state index contributed by atoms with van der Waals surface area (Å²) in [4.78, 5) is 21.0. The number of carbonyl (C=O) groups excluding carboxylic acids is 1. The number of pyridine rings is 1. The number of carbonyl (C=O) groups is 1. The van der Waals surface area contributed by atoms with Crippen LogP contribution in [0.2, 0.25) is 10.2 Å². The Labute approximate surface area is 171 Å². The number of sulfonamides is 1. The molecule has 12 heteroatoms. The van der Waals surface area contributed by atoms with Crippen molar-refractivity contribution in [2.24, 2.45) is 0 Å². The van der Waals surface area contributed by atoms with E-state index in [-0.39, 0.29) is 39.4 Å². The Morgan fingerprint density at radius 2 is 1.96 bits per heavy atom. The Morgan fingerprint density at radius 3 is 2.57 bits per heavy atom. The monoisotopic (exact) mass is 450 g/mol. The SMILES string of the molecule is CCONC(=O)c1cnc(Cl)cc1Nc1cc(F)c(Cl)cc1N(C)S(C)(=O)=O. The molecule has 8 nitrogen and oxygen atoms in total. The number of hydrogen-bond donors (Lipinski definition) is 2. The number of halogens is 3. The third kappa shape index (κ3) is 5.22. The van der Waals surface area contributed by atoms with Crippen LogP contribution in [0.25, 0.3) is 0 Å². The van der Waals surface area contributed by atoms with E-state index >= 15 is 0 Å². The van der Waals surface area contributed by atoms with Gasteiger partial charge in [0.05, 0.1) is 40.5 Å². The summed E-state index contributed by atoms with van der Waals surface area (Å²) in [5.41, 5.74) is 2.52. The third-order valence-electron chi connectivity index (χ3n) is 3.57. The van der Waals surface area contributed by atoms with E-state index in [4.69, 9.17) is 28.0 Å². The molecule has 2 aromatic rings. The van der Waals surface area contributed by atoms with E-state index in [0.29, 0.717) is 0 Å². The molecule has 0 spiro atoms. The summed E-state index contributed by atoms with van der Waals surface area (Å²) in [6.45, 7) is 1.92. The van der Waals surface area contributed by atoms with Crippen LogP contribution < -0.4 is 15.1 Å². The molecular weight excluding hydrogens is 434 g/mol. The fourth-order valence-electron chi connectivity index (χ4n) is 2.13. The highest BCUT2D eigenvalue weighted by molar-refractivity contribution is 7.92. The molecule has 0 aliphatic rings. The Kier molecular flexibility index (Phi) is 7.05. The van der Waals surface area contributed by atoms with Crippen LogP contribution in [0.3, 0.4) is 0 Å². The predicted molar refractivity (Wildman–Crippen MR) is 106 cm³/mol. The van der Waals surface area contributed by atoms with Crippen molar-refractivity contribution in [2.75, 3.05) is 29.5 Å². The molecule has 152 valence electrons. The summed E-state index contributed by atoms with van der Waals surface area (Å²) in [7, 11) is -2.39. The number of rotatable bonds is 7. The number of nitrogens with one attached hydrogen (secondary N) is 2. The van der Waals surface area contributed by atoms with E-state index in [1.54, 1.807) is 6.92 Å². The lowest BCUT2D eigenvalue weighted by Gasteiger charge is -2.22. The van der Waals surface area contributed by atoms with Crippen LogP contribution in [0, 0.1) is 5.82 Å². The predicted octanol–water partition coefficient (Wildman–Crippen LogP) is 3.35.